The first-order chi connectivity index (χ1) is 10.6. The van der Waals surface area contributed by atoms with E-state index in [0.29, 0.717) is 23.0 Å². The van der Waals surface area contributed by atoms with E-state index in [0.717, 1.165) is 11.3 Å². The van der Waals surface area contributed by atoms with Gasteiger partial charge in [0.25, 0.3) is 5.91 Å². The zero-order valence-corrected chi connectivity index (χ0v) is 13.0. The lowest BCUT2D eigenvalue weighted by Crippen LogP contribution is -2.34. The molecule has 2 aromatic rings. The number of nitrogens with zero attached hydrogens (tertiary/aromatic N) is 1. The minimum absolute atomic E-state index is 0.0685. The molecule has 0 aliphatic carbocycles. The summed E-state index contributed by atoms with van der Waals surface area (Å²) in [7, 11) is 0. The van der Waals surface area contributed by atoms with Gasteiger partial charge in [-0.05, 0) is 25.1 Å². The fraction of sp³-hybridized carbons (Fsp3) is 0.267. The summed E-state index contributed by atoms with van der Waals surface area (Å²) in [6.07, 6.45) is -0.0801. The number of nitrogens with one attached hydrogen (secondary N) is 2. The molecule has 2 heterocycles. The fourth-order valence-electron chi connectivity index (χ4n) is 2.04. The third kappa shape index (κ3) is 2.80. The van der Waals surface area contributed by atoms with E-state index in [1.807, 2.05) is 23.6 Å². The van der Waals surface area contributed by atoms with Crippen molar-refractivity contribution in [2.75, 3.05) is 10.6 Å². The van der Waals surface area contributed by atoms with Gasteiger partial charge < -0.3 is 15.4 Å². The van der Waals surface area contributed by atoms with Crippen LogP contribution in [0.2, 0.25) is 0 Å². The molecule has 1 aromatic carbocycles. The number of carbonyl (C=O) groups is 2. The number of anilines is 2. The van der Waals surface area contributed by atoms with E-state index in [-0.39, 0.29) is 11.8 Å². The van der Waals surface area contributed by atoms with E-state index in [4.69, 9.17) is 4.74 Å². The number of fused-ring (bicyclic) bond motifs is 1. The molecule has 1 aromatic heterocycles. The number of amides is 2. The minimum Gasteiger partial charge on any atom is -0.479 e. The van der Waals surface area contributed by atoms with Gasteiger partial charge in [-0.2, -0.15) is 0 Å². The zero-order chi connectivity index (χ0) is 15.7. The number of rotatable bonds is 3. The first kappa shape index (κ1) is 14.5. The Labute approximate surface area is 131 Å². The summed E-state index contributed by atoms with van der Waals surface area (Å²) >= 11 is 1.36. The average molecular weight is 317 g/mol. The second-order valence-corrected chi connectivity index (χ2v) is 5.76. The predicted molar refractivity (Wildman–Crippen MR) is 85.2 cm³/mol. The Morgan fingerprint density at radius 1 is 1.50 bits per heavy atom. The smallest absolute Gasteiger partial charge is 0.265 e. The average Bonchev–Trinajstić information content (AvgIpc) is 2.96. The second-order valence-electron chi connectivity index (χ2n) is 4.90. The summed E-state index contributed by atoms with van der Waals surface area (Å²) in [5.74, 6) is 0.408. The van der Waals surface area contributed by atoms with Crippen molar-refractivity contribution in [3.8, 4) is 17.0 Å². The van der Waals surface area contributed by atoms with Crippen LogP contribution >= 0.6 is 11.3 Å². The van der Waals surface area contributed by atoms with Gasteiger partial charge in [-0.1, -0.05) is 6.92 Å². The van der Waals surface area contributed by atoms with Crippen molar-refractivity contribution in [3.05, 3.63) is 23.6 Å². The molecule has 114 valence electrons. The molecule has 0 unspecified atom stereocenters. The van der Waals surface area contributed by atoms with E-state index in [1.165, 1.54) is 11.3 Å². The Kier molecular flexibility index (Phi) is 3.81. The maximum Gasteiger partial charge on any atom is 0.265 e. The molecule has 1 atom stereocenters. The Balaban J connectivity index is 1.86. The van der Waals surface area contributed by atoms with Gasteiger partial charge in [0.05, 0.1) is 11.4 Å². The van der Waals surface area contributed by atoms with Crippen LogP contribution in [0.15, 0.2) is 23.6 Å². The fourth-order valence-corrected chi connectivity index (χ4v) is 2.78. The van der Waals surface area contributed by atoms with Gasteiger partial charge in [-0.3, -0.25) is 9.59 Å². The molecule has 2 amide bonds. The van der Waals surface area contributed by atoms with Crippen molar-refractivity contribution in [1.82, 2.24) is 4.98 Å². The number of hydrogen-bond donors (Lipinski definition) is 2. The first-order valence-electron chi connectivity index (χ1n) is 6.94. The zero-order valence-electron chi connectivity index (χ0n) is 12.2. The molecule has 6 nitrogen and oxygen atoms in total. The molecule has 7 heteroatoms. The minimum atomic E-state index is -0.492. The summed E-state index contributed by atoms with van der Waals surface area (Å²) in [5, 5.41) is 7.97. The Bertz CT molecular complexity index is 741. The van der Waals surface area contributed by atoms with Gasteiger partial charge in [0.2, 0.25) is 5.91 Å². The highest BCUT2D eigenvalue weighted by molar-refractivity contribution is 7.14. The maximum absolute atomic E-state index is 11.7. The van der Waals surface area contributed by atoms with Crippen molar-refractivity contribution in [2.45, 2.75) is 26.4 Å². The van der Waals surface area contributed by atoms with E-state index < -0.39 is 6.10 Å². The number of hydrogen-bond acceptors (Lipinski definition) is 5. The number of ether oxygens (including phenoxy) is 1. The highest BCUT2D eigenvalue weighted by atomic mass is 32.1. The summed E-state index contributed by atoms with van der Waals surface area (Å²) in [4.78, 5) is 27.4. The highest BCUT2D eigenvalue weighted by Crippen LogP contribution is 2.34. The molecular formula is C15H15N3O3S. The predicted octanol–water partition coefficient (Wildman–Crippen LogP) is 2.88. The van der Waals surface area contributed by atoms with Crippen LogP contribution in [-0.2, 0) is 9.59 Å². The monoisotopic (exact) mass is 317 g/mol. The van der Waals surface area contributed by atoms with Gasteiger partial charge in [-0.25, -0.2) is 4.98 Å². The van der Waals surface area contributed by atoms with Crippen LogP contribution in [0.5, 0.6) is 5.75 Å². The van der Waals surface area contributed by atoms with E-state index in [1.54, 1.807) is 13.8 Å². The third-order valence-electron chi connectivity index (χ3n) is 3.28. The summed E-state index contributed by atoms with van der Waals surface area (Å²) in [6, 6.07) is 5.51. The van der Waals surface area contributed by atoms with Crippen molar-refractivity contribution in [1.29, 1.82) is 0 Å². The molecule has 0 bridgehead atoms. The number of thiazole rings is 1. The molecule has 0 saturated carbocycles. The van der Waals surface area contributed by atoms with Crippen molar-refractivity contribution in [3.63, 3.8) is 0 Å². The molecule has 3 rings (SSSR count). The molecule has 22 heavy (non-hydrogen) atoms. The Morgan fingerprint density at radius 3 is 3.09 bits per heavy atom. The number of carbonyl (C=O) groups excluding carboxylic acids is 2. The van der Waals surface area contributed by atoms with Gasteiger partial charge in [0.15, 0.2) is 11.2 Å². The van der Waals surface area contributed by atoms with Crippen LogP contribution in [0, 0.1) is 0 Å². The Morgan fingerprint density at radius 2 is 2.32 bits per heavy atom. The first-order valence-corrected chi connectivity index (χ1v) is 7.82. The molecule has 0 radical (unpaired) electrons. The second kappa shape index (κ2) is 5.76. The molecule has 0 spiro atoms. The molecule has 2 N–H and O–H groups in total. The summed E-state index contributed by atoms with van der Waals surface area (Å²) in [5.41, 5.74) is 2.23. The lowest BCUT2D eigenvalue weighted by atomic mass is 10.1. The number of benzene rings is 1. The summed E-state index contributed by atoms with van der Waals surface area (Å²) < 4.78 is 5.52. The third-order valence-corrected chi connectivity index (χ3v) is 4.04. The molecule has 0 fully saturated rings. The normalized spacial score (nSPS) is 16.5. The van der Waals surface area contributed by atoms with Crippen LogP contribution in [0.4, 0.5) is 10.8 Å². The van der Waals surface area contributed by atoms with Crippen LogP contribution < -0.4 is 15.4 Å². The van der Waals surface area contributed by atoms with Crippen LogP contribution in [0.1, 0.15) is 20.3 Å². The van der Waals surface area contributed by atoms with E-state index in [2.05, 4.69) is 15.6 Å². The molecule has 1 aliphatic rings. The van der Waals surface area contributed by atoms with E-state index in [9.17, 15) is 9.59 Å². The van der Waals surface area contributed by atoms with Crippen LogP contribution in [0.3, 0.4) is 0 Å². The van der Waals surface area contributed by atoms with Crippen molar-refractivity contribution in [2.24, 2.45) is 0 Å². The van der Waals surface area contributed by atoms with Crippen molar-refractivity contribution < 1.29 is 14.3 Å². The van der Waals surface area contributed by atoms with Crippen LogP contribution in [-0.4, -0.2) is 22.9 Å². The molecular weight excluding hydrogens is 302 g/mol. The largest absolute Gasteiger partial charge is 0.479 e. The van der Waals surface area contributed by atoms with Gasteiger partial charge in [-0.15, -0.1) is 11.3 Å². The quantitative estimate of drug-likeness (QED) is 0.912. The molecule has 1 aliphatic heterocycles. The highest BCUT2D eigenvalue weighted by Gasteiger charge is 2.23. The van der Waals surface area contributed by atoms with Crippen molar-refractivity contribution >= 4 is 34.0 Å². The van der Waals surface area contributed by atoms with E-state index >= 15 is 0 Å². The molecule has 0 saturated heterocycles. The topological polar surface area (TPSA) is 80.3 Å². The SMILES string of the molecule is CCC(=O)Nc1nc(-c2ccc3c(c2)NC(=O)[C@H](C)O3)cs1. The standard InChI is InChI=1S/C15H15N3O3S/c1-3-13(19)18-15-17-11(7-22-15)9-4-5-12-10(6-9)16-14(20)8(2)21-12/h4-8H,3H2,1-2H3,(H,16,20)(H,17,18,19)/t8-/m0/s1. The van der Waals surface area contributed by atoms with Gasteiger partial charge in [0.1, 0.15) is 5.75 Å². The van der Waals surface area contributed by atoms with Gasteiger partial charge >= 0.3 is 0 Å². The lowest BCUT2D eigenvalue weighted by Gasteiger charge is -2.23. The lowest BCUT2D eigenvalue weighted by molar-refractivity contribution is -0.122. The van der Waals surface area contributed by atoms with Gasteiger partial charge in [0, 0.05) is 17.4 Å². The van der Waals surface area contributed by atoms with Crippen LogP contribution in [0.25, 0.3) is 11.3 Å². The maximum atomic E-state index is 11.7. The Hall–Kier alpha value is -2.41. The summed E-state index contributed by atoms with van der Waals surface area (Å²) in [6.45, 7) is 3.49. The number of aromatic nitrogens is 1.